The number of allylic oxidation sites excluding steroid dienone is 2. The summed E-state index contributed by atoms with van der Waals surface area (Å²) in [7, 11) is 0. The highest BCUT2D eigenvalue weighted by atomic mass is 16.5. The van der Waals surface area contributed by atoms with Crippen LogP contribution < -0.4 is 0 Å². The SMILES string of the molecule is CCCCCc1ccc([C@H]2CC[C@H](CO[C@H]3CC[C@H](CC/C=C/C#N)CC3)CC2)cc1. The van der Waals surface area contributed by atoms with Gasteiger partial charge in [0.2, 0.25) is 0 Å². The molecule has 31 heavy (non-hydrogen) atoms. The molecule has 3 rings (SSSR count). The van der Waals surface area contributed by atoms with E-state index >= 15 is 0 Å². The van der Waals surface area contributed by atoms with Crippen molar-refractivity contribution < 1.29 is 4.74 Å². The maximum Gasteiger partial charge on any atom is 0.0908 e. The van der Waals surface area contributed by atoms with Crippen LogP contribution in [0.25, 0.3) is 0 Å². The fourth-order valence-electron chi connectivity index (χ4n) is 5.53. The fourth-order valence-corrected chi connectivity index (χ4v) is 5.53. The summed E-state index contributed by atoms with van der Waals surface area (Å²) < 4.78 is 6.36. The van der Waals surface area contributed by atoms with Crippen molar-refractivity contribution in [1.82, 2.24) is 0 Å². The normalized spacial score (nSPS) is 26.7. The topological polar surface area (TPSA) is 33.0 Å². The Bertz CT molecular complexity index is 670. The van der Waals surface area contributed by atoms with Gasteiger partial charge in [0.05, 0.1) is 12.2 Å². The predicted molar refractivity (Wildman–Crippen MR) is 130 cm³/mol. The highest BCUT2D eigenvalue weighted by Crippen LogP contribution is 2.37. The summed E-state index contributed by atoms with van der Waals surface area (Å²) >= 11 is 0. The lowest BCUT2D eigenvalue weighted by Crippen LogP contribution is -2.25. The zero-order valence-corrected chi connectivity index (χ0v) is 19.7. The van der Waals surface area contributed by atoms with E-state index in [1.165, 1.54) is 89.0 Å². The highest BCUT2D eigenvalue weighted by molar-refractivity contribution is 5.26. The molecule has 1 aromatic rings. The Hall–Kier alpha value is -1.59. The molecule has 0 radical (unpaired) electrons. The second kappa shape index (κ2) is 13.7. The van der Waals surface area contributed by atoms with E-state index in [2.05, 4.69) is 37.3 Å². The van der Waals surface area contributed by atoms with Crippen LogP contribution >= 0.6 is 0 Å². The summed E-state index contributed by atoms with van der Waals surface area (Å²) in [6.45, 7) is 3.25. The van der Waals surface area contributed by atoms with Crippen LogP contribution in [0.4, 0.5) is 0 Å². The van der Waals surface area contributed by atoms with E-state index in [0.29, 0.717) is 6.10 Å². The van der Waals surface area contributed by atoms with E-state index in [9.17, 15) is 0 Å². The van der Waals surface area contributed by atoms with Crippen molar-refractivity contribution >= 4 is 0 Å². The van der Waals surface area contributed by atoms with Crippen molar-refractivity contribution in [2.24, 2.45) is 11.8 Å². The van der Waals surface area contributed by atoms with E-state index in [0.717, 1.165) is 30.8 Å². The average molecular weight is 422 g/mol. The number of hydrogen-bond donors (Lipinski definition) is 0. The fraction of sp³-hybridized carbons (Fsp3) is 0.690. The first-order chi connectivity index (χ1) is 15.3. The molecule has 0 atom stereocenters. The molecule has 170 valence electrons. The first-order valence-electron chi connectivity index (χ1n) is 13.0. The van der Waals surface area contributed by atoms with Crippen molar-refractivity contribution in [2.45, 2.75) is 109 Å². The van der Waals surface area contributed by atoms with Gasteiger partial charge in [-0.1, -0.05) is 50.1 Å². The van der Waals surface area contributed by atoms with Gasteiger partial charge in [0.15, 0.2) is 0 Å². The molecule has 0 saturated heterocycles. The molecule has 0 bridgehead atoms. The smallest absolute Gasteiger partial charge is 0.0908 e. The van der Waals surface area contributed by atoms with Gasteiger partial charge < -0.3 is 4.74 Å². The maximum absolute atomic E-state index is 8.57. The number of hydrogen-bond acceptors (Lipinski definition) is 2. The standard InChI is InChI=1S/C29H43NO/c1-2-3-5-8-24-10-16-27(17-11-24)28-18-12-26(13-19-28)23-31-29-20-14-25(15-21-29)9-6-4-7-22-30/h4,7,10-11,16-17,25-26,28-29H,2-3,5-6,8-9,12-15,18-21,23H2,1H3/b7-4+/t25-,26-,28-,29-. The summed E-state index contributed by atoms with van der Waals surface area (Å²) in [6.07, 6.45) is 22.0. The van der Waals surface area contributed by atoms with Crippen LogP contribution in [0.3, 0.4) is 0 Å². The van der Waals surface area contributed by atoms with Crippen molar-refractivity contribution in [3.8, 4) is 6.07 Å². The molecule has 0 spiro atoms. The summed E-state index contributed by atoms with van der Waals surface area (Å²) in [6, 6.07) is 11.6. The van der Waals surface area contributed by atoms with Gasteiger partial charge in [-0.2, -0.15) is 5.26 Å². The third-order valence-electron chi connectivity index (χ3n) is 7.66. The average Bonchev–Trinajstić information content (AvgIpc) is 2.82. The van der Waals surface area contributed by atoms with Crippen molar-refractivity contribution in [1.29, 1.82) is 5.26 Å². The number of nitriles is 1. The van der Waals surface area contributed by atoms with Crippen molar-refractivity contribution in [3.63, 3.8) is 0 Å². The zero-order chi connectivity index (χ0) is 21.7. The van der Waals surface area contributed by atoms with Gasteiger partial charge >= 0.3 is 0 Å². The van der Waals surface area contributed by atoms with Gasteiger partial charge in [-0.25, -0.2) is 0 Å². The highest BCUT2D eigenvalue weighted by Gasteiger charge is 2.25. The lowest BCUT2D eigenvalue weighted by molar-refractivity contribution is -0.00824. The van der Waals surface area contributed by atoms with Gasteiger partial charge in [-0.05, 0) is 106 Å². The van der Waals surface area contributed by atoms with Crippen LogP contribution in [0.15, 0.2) is 36.4 Å². The number of benzene rings is 1. The van der Waals surface area contributed by atoms with Gasteiger partial charge in [0, 0.05) is 12.7 Å². The van der Waals surface area contributed by atoms with Gasteiger partial charge in [0.1, 0.15) is 0 Å². The van der Waals surface area contributed by atoms with Gasteiger partial charge in [0.25, 0.3) is 0 Å². The summed E-state index contributed by atoms with van der Waals surface area (Å²) in [5, 5.41) is 8.57. The Kier molecular flexibility index (Phi) is 10.7. The molecule has 0 aliphatic heterocycles. The zero-order valence-electron chi connectivity index (χ0n) is 19.7. The molecule has 0 N–H and O–H groups in total. The molecule has 2 saturated carbocycles. The van der Waals surface area contributed by atoms with Crippen LogP contribution in [0.5, 0.6) is 0 Å². The molecule has 2 aliphatic rings. The first-order valence-corrected chi connectivity index (χ1v) is 13.0. The van der Waals surface area contributed by atoms with Crippen molar-refractivity contribution in [3.05, 3.63) is 47.5 Å². The number of rotatable bonds is 11. The first kappa shape index (κ1) is 24.1. The van der Waals surface area contributed by atoms with E-state index in [4.69, 9.17) is 10.00 Å². The second-order valence-electron chi connectivity index (χ2n) is 10.0. The summed E-state index contributed by atoms with van der Waals surface area (Å²) in [5.41, 5.74) is 3.06. The van der Waals surface area contributed by atoms with Gasteiger partial charge in [-0.3, -0.25) is 0 Å². The van der Waals surface area contributed by atoms with Crippen LogP contribution in [-0.2, 0) is 11.2 Å². The Balaban J connectivity index is 1.29. The third kappa shape index (κ3) is 8.46. The Labute approximate surface area is 191 Å². The summed E-state index contributed by atoms with van der Waals surface area (Å²) in [5.74, 6) is 2.35. The molecule has 0 aromatic heterocycles. The number of aryl methyl sites for hydroxylation is 1. The Morgan fingerprint density at radius 1 is 0.935 bits per heavy atom. The molecular formula is C29H43NO. The molecule has 1 aromatic carbocycles. The molecule has 2 aliphatic carbocycles. The minimum absolute atomic E-state index is 0.490. The van der Waals surface area contributed by atoms with E-state index in [1.54, 1.807) is 11.6 Å². The molecule has 2 heteroatoms. The molecule has 0 heterocycles. The maximum atomic E-state index is 8.57. The number of unbranched alkanes of at least 4 members (excludes halogenated alkanes) is 2. The quantitative estimate of drug-likeness (QED) is 0.267. The second-order valence-corrected chi connectivity index (χ2v) is 10.0. The molecule has 0 amide bonds. The Morgan fingerprint density at radius 3 is 2.32 bits per heavy atom. The minimum atomic E-state index is 0.490. The lowest BCUT2D eigenvalue weighted by Gasteiger charge is -2.32. The number of nitrogens with zero attached hydrogens (tertiary/aromatic N) is 1. The Morgan fingerprint density at radius 2 is 1.65 bits per heavy atom. The van der Waals surface area contributed by atoms with Crippen LogP contribution in [0, 0.1) is 23.2 Å². The van der Waals surface area contributed by atoms with Crippen molar-refractivity contribution in [2.75, 3.05) is 6.61 Å². The number of ether oxygens (including phenoxy) is 1. The molecule has 0 unspecified atom stereocenters. The van der Waals surface area contributed by atoms with E-state index in [-0.39, 0.29) is 0 Å². The van der Waals surface area contributed by atoms with Gasteiger partial charge in [-0.15, -0.1) is 0 Å². The minimum Gasteiger partial charge on any atom is -0.378 e. The molecular weight excluding hydrogens is 378 g/mol. The van der Waals surface area contributed by atoms with Crippen LogP contribution in [0.1, 0.15) is 107 Å². The summed E-state index contributed by atoms with van der Waals surface area (Å²) in [4.78, 5) is 0. The largest absolute Gasteiger partial charge is 0.378 e. The molecule has 2 fully saturated rings. The third-order valence-corrected chi connectivity index (χ3v) is 7.66. The van der Waals surface area contributed by atoms with E-state index in [1.807, 2.05) is 6.08 Å². The van der Waals surface area contributed by atoms with Crippen LogP contribution in [0.2, 0.25) is 0 Å². The van der Waals surface area contributed by atoms with E-state index < -0.39 is 0 Å². The van der Waals surface area contributed by atoms with Crippen LogP contribution in [-0.4, -0.2) is 12.7 Å². The molecule has 2 nitrogen and oxygen atoms in total. The lowest BCUT2D eigenvalue weighted by atomic mass is 9.78. The monoisotopic (exact) mass is 421 g/mol. The predicted octanol–water partition coefficient (Wildman–Crippen LogP) is 8.13.